The molecule has 2 aromatic rings. The lowest BCUT2D eigenvalue weighted by Gasteiger charge is -2.12. The summed E-state index contributed by atoms with van der Waals surface area (Å²) in [7, 11) is 4.92. The maximum atomic E-state index is 12.3. The summed E-state index contributed by atoms with van der Waals surface area (Å²) in [6, 6.07) is 14.9. The topological polar surface area (TPSA) is 86.8 Å². The van der Waals surface area contributed by atoms with Gasteiger partial charge in [-0.05, 0) is 34.9 Å². The van der Waals surface area contributed by atoms with E-state index in [4.69, 9.17) is 0 Å². The third-order valence-electron chi connectivity index (χ3n) is 4.89. The third kappa shape index (κ3) is 4.34. The fraction of sp³-hybridized carbons (Fsp3) is 0.273. The summed E-state index contributed by atoms with van der Waals surface area (Å²) in [5.74, 6) is -2.77. The Morgan fingerprint density at radius 1 is 1.07 bits per heavy atom. The highest BCUT2D eigenvalue weighted by Crippen LogP contribution is 2.22. The molecule has 1 atom stereocenters. The van der Waals surface area contributed by atoms with E-state index in [1.807, 2.05) is 42.5 Å². The summed E-state index contributed by atoms with van der Waals surface area (Å²) in [5.41, 5.74) is 3.26. The van der Waals surface area contributed by atoms with Gasteiger partial charge in [-0.15, -0.1) is 0 Å². The van der Waals surface area contributed by atoms with Gasteiger partial charge in [0.1, 0.15) is 5.92 Å². The molecule has 3 amide bonds. The van der Waals surface area contributed by atoms with Gasteiger partial charge in [-0.3, -0.25) is 19.2 Å². The first kappa shape index (κ1) is 20.3. The number of carbonyl (C=O) groups excluding carboxylic acids is 4. The number of benzene rings is 2. The van der Waals surface area contributed by atoms with Crippen LogP contribution in [0, 0.1) is 5.92 Å². The zero-order chi connectivity index (χ0) is 21.1. The maximum Gasteiger partial charge on any atom is 0.290 e. The van der Waals surface area contributed by atoms with Crippen molar-refractivity contribution in [2.24, 2.45) is 5.92 Å². The molecule has 0 radical (unpaired) electrons. The Labute approximate surface area is 169 Å². The SMILES string of the molecule is CN(C)C(=O)c1cccc(-c2cccc(CNC(=O)C3CN(C)C(=O)C3=O)c2)c1. The molecule has 1 unspecified atom stereocenters. The number of likely N-dealkylation sites (tertiary alicyclic amines) is 1. The predicted octanol–water partition coefficient (Wildman–Crippen LogP) is 1.33. The Kier molecular flexibility index (Phi) is 5.77. The first-order valence-corrected chi connectivity index (χ1v) is 9.26. The van der Waals surface area contributed by atoms with Gasteiger partial charge in [-0.2, -0.15) is 0 Å². The summed E-state index contributed by atoms with van der Waals surface area (Å²) < 4.78 is 0. The first-order valence-electron chi connectivity index (χ1n) is 9.26. The van der Waals surface area contributed by atoms with Crippen LogP contribution in [-0.2, 0) is 20.9 Å². The summed E-state index contributed by atoms with van der Waals surface area (Å²) in [5, 5.41) is 2.74. The molecule has 7 nitrogen and oxygen atoms in total. The van der Waals surface area contributed by atoms with Crippen molar-refractivity contribution < 1.29 is 19.2 Å². The third-order valence-corrected chi connectivity index (χ3v) is 4.89. The minimum Gasteiger partial charge on any atom is -0.351 e. The van der Waals surface area contributed by atoms with Gasteiger partial charge >= 0.3 is 0 Å². The summed E-state index contributed by atoms with van der Waals surface area (Å²) in [6.07, 6.45) is 0. The van der Waals surface area contributed by atoms with Crippen molar-refractivity contribution in [1.29, 1.82) is 0 Å². The molecule has 150 valence electrons. The molecule has 3 rings (SSSR count). The molecule has 1 fully saturated rings. The average Bonchev–Trinajstić information content (AvgIpc) is 2.99. The highest BCUT2D eigenvalue weighted by atomic mass is 16.2. The van der Waals surface area contributed by atoms with E-state index in [1.165, 1.54) is 16.8 Å². The fourth-order valence-corrected chi connectivity index (χ4v) is 3.24. The van der Waals surface area contributed by atoms with Gasteiger partial charge < -0.3 is 15.1 Å². The second kappa shape index (κ2) is 8.26. The number of amides is 3. The summed E-state index contributed by atoms with van der Waals surface area (Å²) >= 11 is 0. The number of hydrogen-bond acceptors (Lipinski definition) is 4. The van der Waals surface area contributed by atoms with Gasteiger partial charge in [0, 0.05) is 39.8 Å². The lowest BCUT2D eigenvalue weighted by molar-refractivity contribution is -0.142. The second-order valence-corrected chi connectivity index (χ2v) is 7.30. The van der Waals surface area contributed by atoms with Crippen molar-refractivity contribution in [2.45, 2.75) is 6.54 Å². The molecule has 0 saturated carbocycles. The summed E-state index contributed by atoms with van der Waals surface area (Å²) in [6.45, 7) is 0.348. The van der Waals surface area contributed by atoms with Crippen LogP contribution in [-0.4, -0.2) is 61.0 Å². The number of hydrogen-bond donors (Lipinski definition) is 1. The quantitative estimate of drug-likeness (QED) is 0.613. The smallest absolute Gasteiger partial charge is 0.290 e. The van der Waals surface area contributed by atoms with Crippen molar-refractivity contribution in [2.75, 3.05) is 27.7 Å². The van der Waals surface area contributed by atoms with Gasteiger partial charge in [-0.25, -0.2) is 0 Å². The molecule has 1 aliphatic heterocycles. The Bertz CT molecular complexity index is 984. The van der Waals surface area contributed by atoms with Gasteiger partial charge in [0.05, 0.1) is 0 Å². The van der Waals surface area contributed by atoms with Gasteiger partial charge in [0.15, 0.2) is 0 Å². The Morgan fingerprint density at radius 2 is 1.72 bits per heavy atom. The number of rotatable bonds is 5. The monoisotopic (exact) mass is 393 g/mol. The van der Waals surface area contributed by atoms with Crippen LogP contribution >= 0.6 is 0 Å². The highest BCUT2D eigenvalue weighted by Gasteiger charge is 2.41. The molecule has 7 heteroatoms. The van der Waals surface area contributed by atoms with E-state index in [1.54, 1.807) is 20.2 Å². The molecular weight excluding hydrogens is 370 g/mol. The van der Waals surface area contributed by atoms with E-state index in [-0.39, 0.29) is 19.0 Å². The van der Waals surface area contributed by atoms with Crippen molar-refractivity contribution in [3.8, 4) is 11.1 Å². The van der Waals surface area contributed by atoms with Gasteiger partial charge in [0.2, 0.25) is 11.7 Å². The molecule has 1 heterocycles. The average molecular weight is 393 g/mol. The molecule has 1 N–H and O–H groups in total. The minimum atomic E-state index is -0.954. The Balaban J connectivity index is 1.71. The van der Waals surface area contributed by atoms with Crippen LogP contribution in [0.5, 0.6) is 0 Å². The van der Waals surface area contributed by atoms with Gasteiger partial charge in [-0.1, -0.05) is 30.3 Å². The van der Waals surface area contributed by atoms with Crippen molar-refractivity contribution >= 4 is 23.5 Å². The van der Waals surface area contributed by atoms with E-state index in [0.29, 0.717) is 5.56 Å². The molecular formula is C22H23N3O4. The van der Waals surface area contributed by atoms with E-state index in [2.05, 4.69) is 5.32 Å². The van der Waals surface area contributed by atoms with E-state index in [0.717, 1.165) is 16.7 Å². The molecule has 0 aromatic heterocycles. The van der Waals surface area contributed by atoms with Crippen LogP contribution in [0.4, 0.5) is 0 Å². The Hall–Kier alpha value is -3.48. The van der Waals surface area contributed by atoms with Crippen molar-refractivity contribution in [1.82, 2.24) is 15.1 Å². The highest BCUT2D eigenvalue weighted by molar-refractivity contribution is 6.42. The second-order valence-electron chi connectivity index (χ2n) is 7.30. The molecule has 2 aromatic carbocycles. The molecule has 0 bridgehead atoms. The molecule has 1 saturated heterocycles. The van der Waals surface area contributed by atoms with E-state index >= 15 is 0 Å². The Morgan fingerprint density at radius 3 is 2.34 bits per heavy atom. The number of carbonyl (C=O) groups is 4. The fourth-order valence-electron chi connectivity index (χ4n) is 3.24. The number of nitrogens with zero attached hydrogens (tertiary/aromatic N) is 2. The predicted molar refractivity (Wildman–Crippen MR) is 108 cm³/mol. The van der Waals surface area contributed by atoms with Gasteiger partial charge in [0.25, 0.3) is 11.8 Å². The van der Waals surface area contributed by atoms with E-state index in [9.17, 15) is 19.2 Å². The van der Waals surface area contributed by atoms with Crippen LogP contribution in [0.15, 0.2) is 48.5 Å². The summed E-state index contributed by atoms with van der Waals surface area (Å²) in [4.78, 5) is 50.7. The van der Waals surface area contributed by atoms with Crippen LogP contribution < -0.4 is 5.32 Å². The standard InChI is InChI=1S/C22H23N3O4/c1-24(2)21(28)17-9-5-8-16(11-17)15-7-4-6-14(10-15)12-23-20(27)18-13-25(3)22(29)19(18)26/h4-11,18H,12-13H2,1-3H3,(H,23,27). The maximum absolute atomic E-state index is 12.3. The van der Waals surface area contributed by atoms with E-state index < -0.39 is 23.5 Å². The van der Waals surface area contributed by atoms with Crippen LogP contribution in [0.25, 0.3) is 11.1 Å². The first-order chi connectivity index (χ1) is 13.8. The lowest BCUT2D eigenvalue weighted by atomic mass is 10.0. The minimum absolute atomic E-state index is 0.0731. The normalized spacial score (nSPS) is 16.1. The van der Waals surface area contributed by atoms with Crippen LogP contribution in [0.3, 0.4) is 0 Å². The largest absolute Gasteiger partial charge is 0.351 e. The molecule has 29 heavy (non-hydrogen) atoms. The van der Waals surface area contributed by atoms with Crippen molar-refractivity contribution in [3.05, 3.63) is 59.7 Å². The van der Waals surface area contributed by atoms with Crippen LogP contribution in [0.1, 0.15) is 15.9 Å². The number of Topliss-reactive ketones (excluding diaryl/α,β-unsaturated/α-hetero) is 1. The number of likely N-dealkylation sites (N-methyl/N-ethyl adjacent to an activating group) is 1. The zero-order valence-corrected chi connectivity index (χ0v) is 16.6. The number of ketones is 1. The van der Waals surface area contributed by atoms with Crippen LogP contribution in [0.2, 0.25) is 0 Å². The molecule has 0 spiro atoms. The number of nitrogens with one attached hydrogen (secondary N) is 1. The zero-order valence-electron chi connectivity index (χ0n) is 16.6. The van der Waals surface area contributed by atoms with Crippen molar-refractivity contribution in [3.63, 3.8) is 0 Å². The molecule has 1 aliphatic rings. The molecule has 0 aliphatic carbocycles. The lowest BCUT2D eigenvalue weighted by Crippen LogP contribution is -2.35.